The van der Waals surface area contributed by atoms with Crippen LogP contribution in [0.5, 0.6) is 5.75 Å². The van der Waals surface area contributed by atoms with E-state index in [0.29, 0.717) is 13.1 Å². The van der Waals surface area contributed by atoms with Crippen LogP contribution in [0.2, 0.25) is 0 Å². The highest BCUT2D eigenvalue weighted by Crippen LogP contribution is 2.12. The summed E-state index contributed by atoms with van der Waals surface area (Å²) in [7, 11) is 1.74. The summed E-state index contributed by atoms with van der Waals surface area (Å²) in [4.78, 5) is 6.05. The molecule has 0 atom stereocenters. The third kappa shape index (κ3) is 8.48. The number of rotatable bonds is 7. The van der Waals surface area contributed by atoms with E-state index in [-0.39, 0.29) is 42.3 Å². The molecular formula is C18H29F2IN4O. The molecule has 0 unspecified atom stereocenters. The second kappa shape index (κ2) is 12.3. The van der Waals surface area contributed by atoms with Crippen molar-refractivity contribution < 1.29 is 13.9 Å². The third-order valence-corrected chi connectivity index (χ3v) is 4.42. The van der Waals surface area contributed by atoms with Gasteiger partial charge in [0.2, 0.25) is 0 Å². The number of phenolic OH excluding ortho intramolecular Hbond substituents is 1. The summed E-state index contributed by atoms with van der Waals surface area (Å²) < 4.78 is 24.8. The van der Waals surface area contributed by atoms with Crippen LogP contribution in [0.3, 0.4) is 0 Å². The fourth-order valence-electron chi connectivity index (χ4n) is 3.00. The van der Waals surface area contributed by atoms with Crippen molar-refractivity contribution in [1.82, 2.24) is 15.5 Å². The van der Waals surface area contributed by atoms with Gasteiger partial charge in [-0.25, -0.2) is 8.78 Å². The number of aromatic hydroxyl groups is 1. The van der Waals surface area contributed by atoms with E-state index in [1.54, 1.807) is 19.2 Å². The fraction of sp³-hybridized carbons (Fsp3) is 0.611. The molecule has 1 heterocycles. The molecule has 1 aromatic carbocycles. The molecule has 0 bridgehead atoms. The maximum atomic E-state index is 12.4. The molecule has 0 saturated carbocycles. The SMILES string of the molecule is CN=C(NCCCc1ccc(O)cc1)NC1CCN(CC(F)F)CC1.I. The van der Waals surface area contributed by atoms with Crippen LogP contribution in [-0.4, -0.2) is 61.7 Å². The Morgan fingerprint density at radius 3 is 2.50 bits per heavy atom. The van der Waals surface area contributed by atoms with Gasteiger partial charge >= 0.3 is 0 Å². The lowest BCUT2D eigenvalue weighted by Gasteiger charge is -2.32. The smallest absolute Gasteiger partial charge is 0.251 e. The Hall–Kier alpha value is -1.16. The molecule has 148 valence electrons. The second-order valence-corrected chi connectivity index (χ2v) is 6.38. The number of guanidine groups is 1. The zero-order valence-corrected chi connectivity index (χ0v) is 17.5. The summed E-state index contributed by atoms with van der Waals surface area (Å²) >= 11 is 0. The van der Waals surface area contributed by atoms with Gasteiger partial charge in [-0.2, -0.15) is 0 Å². The summed E-state index contributed by atoms with van der Waals surface area (Å²) in [6.45, 7) is 2.06. The number of benzene rings is 1. The number of nitrogens with one attached hydrogen (secondary N) is 2. The molecule has 2 rings (SSSR count). The topological polar surface area (TPSA) is 59.9 Å². The van der Waals surface area contributed by atoms with Gasteiger partial charge in [0.05, 0.1) is 6.54 Å². The number of phenols is 1. The first kappa shape index (κ1) is 22.9. The molecule has 1 fully saturated rings. The Balaban J connectivity index is 0.00000338. The lowest BCUT2D eigenvalue weighted by atomic mass is 10.1. The molecule has 0 spiro atoms. The first-order valence-electron chi connectivity index (χ1n) is 8.82. The molecule has 0 aromatic heterocycles. The Bertz CT molecular complexity index is 534. The first-order valence-corrected chi connectivity index (χ1v) is 8.82. The largest absolute Gasteiger partial charge is 0.508 e. The van der Waals surface area contributed by atoms with Crippen molar-refractivity contribution in [2.24, 2.45) is 4.99 Å². The van der Waals surface area contributed by atoms with Crippen LogP contribution in [0, 0.1) is 0 Å². The number of likely N-dealkylation sites (tertiary alicyclic amines) is 1. The van der Waals surface area contributed by atoms with Crippen molar-refractivity contribution in [2.75, 3.05) is 33.2 Å². The summed E-state index contributed by atoms with van der Waals surface area (Å²) in [6, 6.07) is 7.52. The van der Waals surface area contributed by atoms with E-state index in [1.165, 1.54) is 5.56 Å². The maximum Gasteiger partial charge on any atom is 0.251 e. The summed E-state index contributed by atoms with van der Waals surface area (Å²) in [5.74, 6) is 1.05. The van der Waals surface area contributed by atoms with Crippen LogP contribution in [0.25, 0.3) is 0 Å². The van der Waals surface area contributed by atoms with E-state index in [9.17, 15) is 13.9 Å². The van der Waals surface area contributed by atoms with Gasteiger partial charge in [0.25, 0.3) is 6.43 Å². The van der Waals surface area contributed by atoms with E-state index >= 15 is 0 Å². The Morgan fingerprint density at radius 2 is 1.92 bits per heavy atom. The second-order valence-electron chi connectivity index (χ2n) is 6.38. The molecule has 1 aliphatic rings. The monoisotopic (exact) mass is 482 g/mol. The van der Waals surface area contributed by atoms with E-state index in [0.717, 1.165) is 38.2 Å². The minimum Gasteiger partial charge on any atom is -0.508 e. The summed E-state index contributed by atoms with van der Waals surface area (Å²) in [5.41, 5.74) is 1.19. The highest BCUT2D eigenvalue weighted by molar-refractivity contribution is 14.0. The standard InChI is InChI=1S/C18H28F2N4O.HI/c1-21-18(22-10-2-3-14-4-6-16(25)7-5-14)23-15-8-11-24(12-9-15)13-17(19)20;/h4-7,15,17,25H,2-3,8-13H2,1H3,(H2,21,22,23);1H. The number of piperidine rings is 1. The minimum absolute atomic E-state index is 0. The predicted octanol–water partition coefficient (Wildman–Crippen LogP) is 2.84. The van der Waals surface area contributed by atoms with Crippen molar-refractivity contribution in [3.63, 3.8) is 0 Å². The number of aryl methyl sites for hydroxylation is 1. The van der Waals surface area contributed by atoms with Gasteiger partial charge in [-0.15, -0.1) is 24.0 Å². The number of halogens is 3. The molecule has 0 amide bonds. The lowest BCUT2D eigenvalue weighted by Crippen LogP contribution is -2.49. The molecule has 3 N–H and O–H groups in total. The van der Waals surface area contributed by atoms with Gasteiger partial charge in [0, 0.05) is 32.7 Å². The van der Waals surface area contributed by atoms with E-state index in [2.05, 4.69) is 15.6 Å². The quantitative estimate of drug-likeness (QED) is 0.242. The summed E-state index contributed by atoms with van der Waals surface area (Å²) in [6.07, 6.45) is 1.32. The molecule has 0 radical (unpaired) electrons. The average Bonchev–Trinajstić information content (AvgIpc) is 2.60. The zero-order valence-electron chi connectivity index (χ0n) is 15.1. The van der Waals surface area contributed by atoms with Crippen LogP contribution >= 0.6 is 24.0 Å². The van der Waals surface area contributed by atoms with Crippen LogP contribution in [-0.2, 0) is 6.42 Å². The lowest BCUT2D eigenvalue weighted by molar-refractivity contribution is 0.0744. The highest BCUT2D eigenvalue weighted by atomic mass is 127. The molecule has 5 nitrogen and oxygen atoms in total. The van der Waals surface area contributed by atoms with Crippen molar-refractivity contribution >= 4 is 29.9 Å². The maximum absolute atomic E-state index is 12.4. The molecule has 0 aliphatic carbocycles. The van der Waals surface area contributed by atoms with E-state index in [4.69, 9.17) is 0 Å². The highest BCUT2D eigenvalue weighted by Gasteiger charge is 2.21. The first-order chi connectivity index (χ1) is 12.1. The van der Waals surface area contributed by atoms with Crippen LogP contribution in [0.15, 0.2) is 29.3 Å². The molecular weight excluding hydrogens is 453 g/mol. The molecule has 26 heavy (non-hydrogen) atoms. The number of nitrogens with zero attached hydrogens (tertiary/aromatic N) is 2. The summed E-state index contributed by atoms with van der Waals surface area (Å²) in [5, 5.41) is 15.9. The number of hydrogen-bond acceptors (Lipinski definition) is 3. The van der Waals surface area contributed by atoms with Gasteiger partial charge in [-0.05, 0) is 43.4 Å². The van der Waals surface area contributed by atoms with Gasteiger partial charge in [-0.3, -0.25) is 9.89 Å². The normalized spacial score (nSPS) is 16.4. The Morgan fingerprint density at radius 1 is 1.27 bits per heavy atom. The molecule has 1 saturated heterocycles. The van der Waals surface area contributed by atoms with Crippen molar-refractivity contribution in [1.29, 1.82) is 0 Å². The van der Waals surface area contributed by atoms with Gasteiger partial charge in [0.15, 0.2) is 5.96 Å². The van der Waals surface area contributed by atoms with E-state index < -0.39 is 6.43 Å². The van der Waals surface area contributed by atoms with Crippen LogP contribution in [0.4, 0.5) is 8.78 Å². The number of aliphatic imine (C=N–C) groups is 1. The van der Waals surface area contributed by atoms with Gasteiger partial charge in [-0.1, -0.05) is 12.1 Å². The minimum atomic E-state index is -2.26. The van der Waals surface area contributed by atoms with Crippen LogP contribution < -0.4 is 10.6 Å². The van der Waals surface area contributed by atoms with Crippen molar-refractivity contribution in [2.45, 2.75) is 38.2 Å². The fourth-order valence-corrected chi connectivity index (χ4v) is 3.00. The number of alkyl halides is 2. The van der Waals surface area contributed by atoms with Crippen molar-refractivity contribution in [3.8, 4) is 5.75 Å². The number of hydrogen-bond donors (Lipinski definition) is 3. The zero-order chi connectivity index (χ0) is 18.1. The van der Waals surface area contributed by atoms with Crippen molar-refractivity contribution in [3.05, 3.63) is 29.8 Å². The predicted molar refractivity (Wildman–Crippen MR) is 112 cm³/mol. The molecule has 1 aromatic rings. The Kier molecular flexibility index (Phi) is 10.8. The third-order valence-electron chi connectivity index (χ3n) is 4.42. The van der Waals surface area contributed by atoms with Crippen LogP contribution in [0.1, 0.15) is 24.8 Å². The van der Waals surface area contributed by atoms with Gasteiger partial charge in [0.1, 0.15) is 5.75 Å². The van der Waals surface area contributed by atoms with Gasteiger partial charge < -0.3 is 15.7 Å². The Labute approximate surface area is 171 Å². The molecule has 8 heteroatoms. The molecule has 1 aliphatic heterocycles. The average molecular weight is 482 g/mol. The van der Waals surface area contributed by atoms with E-state index in [1.807, 2.05) is 17.0 Å².